The molecule has 1 rings (SSSR count). The van der Waals surface area contributed by atoms with Gasteiger partial charge in [0, 0.05) is 22.5 Å². The van der Waals surface area contributed by atoms with E-state index in [4.69, 9.17) is 0 Å². The predicted molar refractivity (Wildman–Crippen MR) is 65.3 cm³/mol. The molecule has 1 aromatic rings. The highest BCUT2D eigenvalue weighted by molar-refractivity contribution is 9.18. The average molecular weight is 306 g/mol. The van der Waals surface area contributed by atoms with Gasteiger partial charge in [0.25, 0.3) is 4.82 Å². The Morgan fingerprint density at radius 3 is 2.31 bits per heavy atom. The third-order valence-corrected chi connectivity index (χ3v) is 4.12. The lowest BCUT2D eigenvalue weighted by Gasteiger charge is -2.04. The first-order valence-electron chi connectivity index (χ1n) is 4.70. The zero-order chi connectivity index (χ0) is 12.2. The Balaban J connectivity index is 2.80. The van der Waals surface area contributed by atoms with Crippen LogP contribution >= 0.6 is 15.9 Å². The summed E-state index contributed by atoms with van der Waals surface area (Å²) >= 11 is 2.74. The van der Waals surface area contributed by atoms with Crippen molar-refractivity contribution in [2.45, 2.75) is 18.4 Å². The summed E-state index contributed by atoms with van der Waals surface area (Å²) in [6.07, 6.45) is 0. The number of sulfone groups is 1. The molecule has 0 bridgehead atoms. The molecule has 88 valence electrons. The number of amides is 1. The van der Waals surface area contributed by atoms with Crippen molar-refractivity contribution >= 4 is 30.6 Å². The number of hydrogen-bond acceptors (Lipinski definition) is 3. The maximum absolute atomic E-state index is 11.5. The fourth-order valence-electron chi connectivity index (χ4n) is 1.15. The summed E-state index contributed by atoms with van der Waals surface area (Å²) in [5.74, 6) is 0.0878. The van der Waals surface area contributed by atoms with Gasteiger partial charge in [-0.3, -0.25) is 4.79 Å². The molecule has 0 unspecified atom stereocenters. The van der Waals surface area contributed by atoms with Crippen molar-refractivity contribution in [3.8, 4) is 0 Å². The zero-order valence-corrected chi connectivity index (χ0v) is 11.1. The summed E-state index contributed by atoms with van der Waals surface area (Å²) in [6, 6.07) is 6.47. The summed E-state index contributed by atoms with van der Waals surface area (Å²) in [7, 11) is -3.14. The SMILES string of the molecule is CCS(=O)(=O)c1ccc(CNC(=O)Br)cc1. The lowest BCUT2D eigenvalue weighted by atomic mass is 10.2. The van der Waals surface area contributed by atoms with E-state index in [0.29, 0.717) is 11.4 Å². The van der Waals surface area contributed by atoms with Crippen molar-refractivity contribution in [1.29, 1.82) is 0 Å². The van der Waals surface area contributed by atoms with E-state index < -0.39 is 9.84 Å². The Bertz CT molecular complexity index is 467. The van der Waals surface area contributed by atoms with E-state index in [0.717, 1.165) is 5.56 Å². The molecule has 6 heteroatoms. The second kappa shape index (κ2) is 5.45. The summed E-state index contributed by atoms with van der Waals surface area (Å²) < 4.78 is 23.0. The van der Waals surface area contributed by atoms with Crippen molar-refractivity contribution in [2.75, 3.05) is 5.75 Å². The monoisotopic (exact) mass is 305 g/mol. The van der Waals surface area contributed by atoms with Crippen LogP contribution in [0.4, 0.5) is 4.79 Å². The Labute approximate surface area is 103 Å². The van der Waals surface area contributed by atoms with Gasteiger partial charge in [-0.2, -0.15) is 0 Å². The lowest BCUT2D eigenvalue weighted by molar-refractivity contribution is 0.261. The van der Waals surface area contributed by atoms with E-state index >= 15 is 0 Å². The maximum atomic E-state index is 11.5. The molecule has 0 radical (unpaired) electrons. The molecule has 0 atom stereocenters. The molecule has 1 amide bonds. The number of rotatable bonds is 4. The van der Waals surface area contributed by atoms with Gasteiger partial charge in [-0.1, -0.05) is 19.1 Å². The fourth-order valence-corrected chi connectivity index (χ4v) is 2.18. The minimum Gasteiger partial charge on any atom is -0.343 e. The molecule has 1 N–H and O–H groups in total. The molecule has 1 aromatic carbocycles. The normalized spacial score (nSPS) is 11.1. The molecule has 0 aliphatic rings. The van der Waals surface area contributed by atoms with Crippen LogP contribution in [0.2, 0.25) is 0 Å². The molecule has 0 aliphatic carbocycles. The van der Waals surface area contributed by atoms with E-state index in [-0.39, 0.29) is 10.6 Å². The highest BCUT2D eigenvalue weighted by atomic mass is 79.9. The summed E-state index contributed by atoms with van der Waals surface area (Å²) in [5.41, 5.74) is 0.850. The number of hydrogen-bond donors (Lipinski definition) is 1. The van der Waals surface area contributed by atoms with Crippen molar-refractivity contribution in [2.24, 2.45) is 0 Å². The molecule has 16 heavy (non-hydrogen) atoms. The molecule has 0 spiro atoms. The Morgan fingerprint density at radius 1 is 1.31 bits per heavy atom. The van der Waals surface area contributed by atoms with Gasteiger partial charge in [0.1, 0.15) is 0 Å². The van der Waals surface area contributed by atoms with Gasteiger partial charge in [-0.25, -0.2) is 8.42 Å². The first kappa shape index (κ1) is 13.2. The average Bonchev–Trinajstić information content (AvgIpc) is 2.27. The molecule has 0 saturated carbocycles. The molecule has 4 nitrogen and oxygen atoms in total. The van der Waals surface area contributed by atoms with Gasteiger partial charge in [0.05, 0.1) is 10.6 Å². The van der Waals surface area contributed by atoms with Gasteiger partial charge in [0.2, 0.25) is 0 Å². The van der Waals surface area contributed by atoms with E-state index in [1.165, 1.54) is 0 Å². The van der Waals surface area contributed by atoms with E-state index in [1.807, 2.05) is 0 Å². The first-order valence-corrected chi connectivity index (χ1v) is 7.15. The summed E-state index contributed by atoms with van der Waals surface area (Å²) in [4.78, 5) is 10.6. The topological polar surface area (TPSA) is 63.2 Å². The molecule has 0 fully saturated rings. The minimum absolute atomic E-state index is 0.0878. The Kier molecular flexibility index (Phi) is 4.49. The van der Waals surface area contributed by atoms with Crippen LogP contribution in [0.5, 0.6) is 0 Å². The van der Waals surface area contributed by atoms with E-state index in [1.54, 1.807) is 31.2 Å². The number of benzene rings is 1. The first-order chi connectivity index (χ1) is 7.45. The van der Waals surface area contributed by atoms with Crippen molar-refractivity contribution in [1.82, 2.24) is 5.32 Å². The van der Waals surface area contributed by atoms with Crippen molar-refractivity contribution in [3.05, 3.63) is 29.8 Å². The van der Waals surface area contributed by atoms with Gasteiger partial charge in [-0.05, 0) is 17.7 Å². The van der Waals surface area contributed by atoms with Gasteiger partial charge in [0.15, 0.2) is 9.84 Å². The highest BCUT2D eigenvalue weighted by Gasteiger charge is 2.10. The van der Waals surface area contributed by atoms with Crippen molar-refractivity contribution < 1.29 is 13.2 Å². The Morgan fingerprint density at radius 2 is 1.88 bits per heavy atom. The van der Waals surface area contributed by atoms with E-state index in [2.05, 4.69) is 21.2 Å². The van der Waals surface area contributed by atoms with Crippen molar-refractivity contribution in [3.63, 3.8) is 0 Å². The minimum atomic E-state index is -3.14. The highest BCUT2D eigenvalue weighted by Crippen LogP contribution is 2.12. The van der Waals surface area contributed by atoms with Crippen LogP contribution < -0.4 is 5.32 Å². The van der Waals surface area contributed by atoms with Gasteiger partial charge >= 0.3 is 0 Å². The predicted octanol–water partition coefficient (Wildman–Crippen LogP) is 2.08. The zero-order valence-electron chi connectivity index (χ0n) is 8.73. The number of carbonyl (C=O) groups is 1. The van der Waals surface area contributed by atoms with Gasteiger partial charge in [-0.15, -0.1) is 0 Å². The second-order valence-electron chi connectivity index (χ2n) is 3.17. The van der Waals surface area contributed by atoms with Crippen LogP contribution in [0, 0.1) is 0 Å². The standard InChI is InChI=1S/C10H12BrNO3S/c1-2-16(14,15)9-5-3-8(4-6-9)7-12-10(11)13/h3-6H,2,7H2,1H3,(H,12,13). The summed E-state index contributed by atoms with van der Waals surface area (Å²) in [5, 5.41) is 2.56. The number of nitrogens with one attached hydrogen (secondary N) is 1. The van der Waals surface area contributed by atoms with E-state index in [9.17, 15) is 13.2 Å². The van der Waals surface area contributed by atoms with Crippen LogP contribution in [0.3, 0.4) is 0 Å². The van der Waals surface area contributed by atoms with Crippen LogP contribution in [0.1, 0.15) is 12.5 Å². The van der Waals surface area contributed by atoms with Gasteiger partial charge < -0.3 is 5.32 Å². The fraction of sp³-hybridized carbons (Fsp3) is 0.300. The summed E-state index contributed by atoms with van der Waals surface area (Å²) in [6.45, 7) is 1.98. The third kappa shape index (κ3) is 3.61. The molecule has 0 aliphatic heterocycles. The number of halogens is 1. The van der Waals surface area contributed by atoms with Crippen LogP contribution in [0.25, 0.3) is 0 Å². The molecular weight excluding hydrogens is 294 g/mol. The smallest absolute Gasteiger partial charge is 0.287 e. The number of carbonyl (C=O) groups excluding carboxylic acids is 1. The van der Waals surface area contributed by atoms with Crippen LogP contribution in [-0.4, -0.2) is 19.0 Å². The quantitative estimate of drug-likeness (QED) is 0.684. The van der Waals surface area contributed by atoms with Crippen LogP contribution in [-0.2, 0) is 16.4 Å². The van der Waals surface area contributed by atoms with Crippen LogP contribution in [0.15, 0.2) is 29.2 Å². The Hall–Kier alpha value is -0.880. The molecule has 0 aromatic heterocycles. The molecule has 0 heterocycles. The maximum Gasteiger partial charge on any atom is 0.287 e. The molecular formula is C10H12BrNO3S. The largest absolute Gasteiger partial charge is 0.343 e. The second-order valence-corrected chi connectivity index (χ2v) is 6.17. The lowest BCUT2D eigenvalue weighted by Crippen LogP contribution is -2.15. The molecule has 0 saturated heterocycles. The third-order valence-electron chi connectivity index (χ3n) is 2.09.